The van der Waals surface area contributed by atoms with Gasteiger partial charge in [-0.2, -0.15) is 0 Å². The topological polar surface area (TPSA) is 92.4 Å². The van der Waals surface area contributed by atoms with Crippen LogP contribution < -0.4 is 11.1 Å². The number of nitrogens with two attached hydrogens (primary N) is 1. The summed E-state index contributed by atoms with van der Waals surface area (Å²) in [5.41, 5.74) is 7.62. The van der Waals surface area contributed by atoms with Crippen LogP contribution in [0, 0.1) is 0 Å². The number of nitrogen functional groups attached to an aromatic ring is 1. The molecule has 2 aromatic rings. The van der Waals surface area contributed by atoms with Gasteiger partial charge in [0.25, 0.3) is 5.91 Å². The largest absolute Gasteiger partial charge is 0.478 e. The molecule has 5 nitrogen and oxygen atoms in total. The molecule has 0 saturated heterocycles. The lowest BCUT2D eigenvalue weighted by Crippen LogP contribution is -2.26. The van der Waals surface area contributed by atoms with Crippen LogP contribution in [0.5, 0.6) is 0 Å². The number of aromatic carboxylic acids is 1. The minimum absolute atomic E-state index is 0.236. The highest BCUT2D eigenvalue weighted by Gasteiger charge is 2.10. The third-order valence-corrected chi connectivity index (χ3v) is 3.40. The molecule has 22 heavy (non-hydrogen) atoms. The summed E-state index contributed by atoms with van der Waals surface area (Å²) in [5, 5.41) is 12.0. The van der Waals surface area contributed by atoms with E-state index in [-0.39, 0.29) is 11.5 Å². The first-order chi connectivity index (χ1) is 10.5. The number of benzene rings is 2. The summed E-state index contributed by atoms with van der Waals surface area (Å²) in [6, 6.07) is 11.3. The van der Waals surface area contributed by atoms with E-state index < -0.39 is 5.97 Å². The number of nitrogens with one attached hydrogen (secondary N) is 1. The van der Waals surface area contributed by atoms with Crippen molar-refractivity contribution >= 4 is 29.2 Å². The van der Waals surface area contributed by atoms with Gasteiger partial charge in [-0.1, -0.05) is 23.7 Å². The first-order valence-corrected chi connectivity index (χ1v) is 7.00. The fourth-order valence-corrected chi connectivity index (χ4v) is 2.13. The minimum atomic E-state index is -0.962. The minimum Gasteiger partial charge on any atom is -0.478 e. The quantitative estimate of drug-likeness (QED) is 0.739. The van der Waals surface area contributed by atoms with Crippen molar-refractivity contribution in [2.45, 2.75) is 6.42 Å². The van der Waals surface area contributed by atoms with Crippen LogP contribution >= 0.6 is 11.6 Å². The molecule has 2 aromatic carbocycles. The molecule has 0 atom stereocenters. The maximum atomic E-state index is 12.0. The zero-order valence-electron chi connectivity index (χ0n) is 11.7. The van der Waals surface area contributed by atoms with E-state index in [4.69, 9.17) is 22.4 Å². The lowest BCUT2D eigenvalue weighted by molar-refractivity contribution is 0.0696. The summed E-state index contributed by atoms with van der Waals surface area (Å²) < 4.78 is 0. The molecule has 0 aromatic heterocycles. The number of hydrogen-bond acceptors (Lipinski definition) is 3. The molecule has 0 fully saturated rings. The highest BCUT2D eigenvalue weighted by Crippen LogP contribution is 2.17. The molecule has 1 amide bonds. The molecular weight excluding hydrogens is 304 g/mol. The highest BCUT2D eigenvalue weighted by atomic mass is 35.5. The van der Waals surface area contributed by atoms with Gasteiger partial charge >= 0.3 is 5.97 Å². The fourth-order valence-electron chi connectivity index (χ4n) is 1.95. The third kappa shape index (κ3) is 3.99. The zero-order chi connectivity index (χ0) is 16.1. The number of carboxylic acids is 1. The monoisotopic (exact) mass is 318 g/mol. The van der Waals surface area contributed by atoms with Gasteiger partial charge in [-0.3, -0.25) is 4.79 Å². The van der Waals surface area contributed by atoms with E-state index >= 15 is 0 Å². The molecule has 0 radical (unpaired) electrons. The second-order valence-electron chi connectivity index (χ2n) is 4.74. The number of carbonyl (C=O) groups excluding carboxylic acids is 1. The van der Waals surface area contributed by atoms with Gasteiger partial charge < -0.3 is 16.2 Å². The molecule has 0 aliphatic rings. The maximum Gasteiger partial charge on any atom is 0.335 e. The van der Waals surface area contributed by atoms with Crippen LogP contribution in [0.15, 0.2) is 42.5 Å². The fraction of sp³-hybridized carbons (Fsp3) is 0.125. The Morgan fingerprint density at radius 2 is 1.82 bits per heavy atom. The summed E-state index contributed by atoms with van der Waals surface area (Å²) in [6.45, 7) is 0.414. The number of amides is 1. The zero-order valence-corrected chi connectivity index (χ0v) is 12.4. The number of anilines is 1. The predicted molar refractivity (Wildman–Crippen MR) is 85.3 cm³/mol. The Hall–Kier alpha value is -2.53. The number of carboxylic acid groups (broad SMARTS) is 1. The SMILES string of the molecule is Nc1ccc(Cl)cc1C(=O)NCCc1ccc(C(=O)O)cc1. The van der Waals surface area contributed by atoms with Crippen LogP contribution in [0.4, 0.5) is 5.69 Å². The molecule has 0 bridgehead atoms. The lowest BCUT2D eigenvalue weighted by Gasteiger charge is -2.08. The third-order valence-electron chi connectivity index (χ3n) is 3.16. The van der Waals surface area contributed by atoms with E-state index in [1.807, 2.05) is 0 Å². The lowest BCUT2D eigenvalue weighted by atomic mass is 10.1. The van der Waals surface area contributed by atoms with Crippen LogP contribution in [0.1, 0.15) is 26.3 Å². The van der Waals surface area contributed by atoms with E-state index in [0.29, 0.717) is 29.2 Å². The standard InChI is InChI=1S/C16H15ClN2O3/c17-12-5-6-14(18)13(9-12)15(20)19-8-7-10-1-3-11(4-2-10)16(21)22/h1-6,9H,7-8,18H2,(H,19,20)(H,21,22). The van der Waals surface area contributed by atoms with E-state index in [2.05, 4.69) is 5.32 Å². The van der Waals surface area contributed by atoms with E-state index in [9.17, 15) is 9.59 Å². The number of carbonyl (C=O) groups is 2. The number of rotatable bonds is 5. The Balaban J connectivity index is 1.91. The van der Waals surface area contributed by atoms with E-state index in [1.54, 1.807) is 24.3 Å². The van der Waals surface area contributed by atoms with E-state index in [0.717, 1.165) is 5.56 Å². The van der Waals surface area contributed by atoms with Gasteiger partial charge in [0.2, 0.25) is 0 Å². The van der Waals surface area contributed by atoms with Crippen molar-refractivity contribution in [3.05, 3.63) is 64.2 Å². The van der Waals surface area contributed by atoms with Crippen molar-refractivity contribution in [1.29, 1.82) is 0 Å². The molecule has 0 aliphatic heterocycles. The van der Waals surface area contributed by atoms with Crippen molar-refractivity contribution in [2.75, 3.05) is 12.3 Å². The van der Waals surface area contributed by atoms with Gasteiger partial charge in [-0.15, -0.1) is 0 Å². The Morgan fingerprint density at radius 1 is 1.14 bits per heavy atom. The average molecular weight is 319 g/mol. The van der Waals surface area contributed by atoms with Crippen molar-refractivity contribution in [3.63, 3.8) is 0 Å². The van der Waals surface area contributed by atoms with Crippen molar-refractivity contribution < 1.29 is 14.7 Å². The molecule has 2 rings (SSSR count). The number of halogens is 1. The van der Waals surface area contributed by atoms with Crippen LogP contribution in [-0.4, -0.2) is 23.5 Å². The van der Waals surface area contributed by atoms with Gasteiger partial charge in [0.15, 0.2) is 0 Å². The summed E-state index contributed by atoms with van der Waals surface area (Å²) in [6.07, 6.45) is 0.589. The van der Waals surface area contributed by atoms with Gasteiger partial charge in [0.05, 0.1) is 11.1 Å². The summed E-state index contributed by atoms with van der Waals surface area (Å²) in [5.74, 6) is -1.25. The number of hydrogen-bond donors (Lipinski definition) is 3. The molecular formula is C16H15ClN2O3. The highest BCUT2D eigenvalue weighted by molar-refractivity contribution is 6.31. The Bertz CT molecular complexity index is 699. The Labute approximate surface area is 132 Å². The van der Waals surface area contributed by atoms with Crippen LogP contribution in [-0.2, 0) is 6.42 Å². The smallest absolute Gasteiger partial charge is 0.335 e. The summed E-state index contributed by atoms with van der Waals surface area (Å²) in [7, 11) is 0. The molecule has 0 saturated carbocycles. The normalized spacial score (nSPS) is 10.2. The van der Waals surface area contributed by atoms with Gasteiger partial charge in [0.1, 0.15) is 0 Å². The van der Waals surface area contributed by atoms with Crippen molar-refractivity contribution in [1.82, 2.24) is 5.32 Å². The van der Waals surface area contributed by atoms with Crippen LogP contribution in [0.3, 0.4) is 0 Å². The Kier molecular flexibility index (Phi) is 5.01. The van der Waals surface area contributed by atoms with Crippen LogP contribution in [0.2, 0.25) is 5.02 Å². The van der Waals surface area contributed by atoms with Crippen molar-refractivity contribution in [3.8, 4) is 0 Å². The van der Waals surface area contributed by atoms with Gasteiger partial charge in [-0.05, 0) is 42.3 Å². The molecule has 0 aliphatic carbocycles. The maximum absolute atomic E-state index is 12.0. The average Bonchev–Trinajstić information content (AvgIpc) is 2.50. The summed E-state index contributed by atoms with van der Waals surface area (Å²) >= 11 is 5.85. The molecule has 0 heterocycles. The molecule has 6 heteroatoms. The molecule has 0 spiro atoms. The second kappa shape index (κ2) is 6.95. The first kappa shape index (κ1) is 15.9. The van der Waals surface area contributed by atoms with Gasteiger partial charge in [0, 0.05) is 17.3 Å². The van der Waals surface area contributed by atoms with Gasteiger partial charge in [-0.25, -0.2) is 4.79 Å². The summed E-state index contributed by atoms with van der Waals surface area (Å²) in [4.78, 5) is 22.8. The Morgan fingerprint density at radius 3 is 2.45 bits per heavy atom. The predicted octanol–water partition coefficient (Wildman–Crippen LogP) is 2.59. The van der Waals surface area contributed by atoms with Crippen LogP contribution in [0.25, 0.3) is 0 Å². The van der Waals surface area contributed by atoms with Crippen molar-refractivity contribution in [2.24, 2.45) is 0 Å². The second-order valence-corrected chi connectivity index (χ2v) is 5.18. The van der Waals surface area contributed by atoms with E-state index in [1.165, 1.54) is 18.2 Å². The molecule has 0 unspecified atom stereocenters. The molecule has 4 N–H and O–H groups in total. The first-order valence-electron chi connectivity index (χ1n) is 6.63. The molecule has 114 valence electrons.